The third-order valence-electron chi connectivity index (χ3n) is 2.64. The van der Waals surface area contributed by atoms with E-state index in [0.29, 0.717) is 19.6 Å². The van der Waals surface area contributed by atoms with E-state index in [4.69, 9.17) is 9.47 Å². The van der Waals surface area contributed by atoms with E-state index in [1.807, 2.05) is 0 Å². The lowest BCUT2D eigenvalue weighted by molar-refractivity contribution is -0.385. The quantitative estimate of drug-likeness (QED) is 0.343. The molecular weight excluding hydrogens is 283 g/mol. The van der Waals surface area contributed by atoms with Crippen molar-refractivity contribution in [3.63, 3.8) is 0 Å². The zero-order valence-electron chi connectivity index (χ0n) is 11.8. The number of nitro benzene ring substituents is 1. The van der Waals surface area contributed by atoms with Gasteiger partial charge in [0.05, 0.1) is 30.4 Å². The summed E-state index contributed by atoms with van der Waals surface area (Å²) in [6, 6.07) is 2.02. The lowest BCUT2D eigenvalue weighted by Gasteiger charge is -2.09. The summed E-state index contributed by atoms with van der Waals surface area (Å²) in [5.41, 5.74) is -0.353. The topological polar surface area (TPSA) is 90.7 Å². The Morgan fingerprint density at radius 3 is 2.76 bits per heavy atom. The van der Waals surface area contributed by atoms with Crippen molar-refractivity contribution in [2.45, 2.75) is 19.8 Å². The van der Waals surface area contributed by atoms with E-state index in [1.54, 1.807) is 6.92 Å². The first-order chi connectivity index (χ1) is 9.99. The molecule has 1 rings (SSSR count). The Kier molecular flexibility index (Phi) is 6.38. The summed E-state index contributed by atoms with van der Waals surface area (Å²) in [6.45, 7) is 2.37. The zero-order valence-corrected chi connectivity index (χ0v) is 11.8. The normalized spacial score (nSPS) is 10.0. The summed E-state index contributed by atoms with van der Waals surface area (Å²) in [6.07, 6.45) is 0.671. The number of nitrogens with one attached hydrogen (secondary N) is 1. The van der Waals surface area contributed by atoms with Crippen LogP contribution in [0.5, 0.6) is 5.75 Å². The molecule has 0 aliphatic rings. The van der Waals surface area contributed by atoms with Gasteiger partial charge in [0.15, 0.2) is 11.6 Å². The average molecular weight is 300 g/mol. The van der Waals surface area contributed by atoms with Crippen LogP contribution < -0.4 is 10.1 Å². The minimum Gasteiger partial charge on any atom is -0.490 e. The molecule has 21 heavy (non-hydrogen) atoms. The van der Waals surface area contributed by atoms with Gasteiger partial charge >= 0.3 is 11.7 Å². The maximum atomic E-state index is 13.7. The van der Waals surface area contributed by atoms with Crippen molar-refractivity contribution < 1.29 is 23.6 Å². The molecule has 0 spiro atoms. The van der Waals surface area contributed by atoms with Crippen molar-refractivity contribution in [3.8, 4) is 5.75 Å². The second kappa shape index (κ2) is 8.03. The second-order valence-corrected chi connectivity index (χ2v) is 4.10. The number of methoxy groups -OCH3 is 1. The Bertz CT molecular complexity index is 522. The SMILES string of the molecule is CCOC(=O)CCCNc1cc(OC)c([N+](=O)[O-])cc1F. The highest BCUT2D eigenvalue weighted by molar-refractivity contribution is 5.69. The van der Waals surface area contributed by atoms with E-state index in [-0.39, 0.29) is 23.8 Å². The number of esters is 1. The minimum atomic E-state index is -0.751. The van der Waals surface area contributed by atoms with Gasteiger partial charge in [-0.1, -0.05) is 0 Å². The molecule has 0 aliphatic heterocycles. The largest absolute Gasteiger partial charge is 0.490 e. The molecule has 0 aromatic heterocycles. The molecule has 0 saturated heterocycles. The van der Waals surface area contributed by atoms with Gasteiger partial charge in [0.2, 0.25) is 0 Å². The molecule has 0 aliphatic carbocycles. The first-order valence-corrected chi connectivity index (χ1v) is 6.41. The van der Waals surface area contributed by atoms with Gasteiger partial charge in [0.25, 0.3) is 0 Å². The Morgan fingerprint density at radius 1 is 1.48 bits per heavy atom. The molecule has 116 valence electrons. The number of rotatable bonds is 8. The van der Waals surface area contributed by atoms with Crippen LogP contribution in [0, 0.1) is 15.9 Å². The molecular formula is C13H17FN2O5. The third kappa shape index (κ3) is 4.90. The Hall–Kier alpha value is -2.38. The summed E-state index contributed by atoms with van der Waals surface area (Å²) in [5, 5.41) is 13.5. The van der Waals surface area contributed by atoms with Crippen LogP contribution in [0.2, 0.25) is 0 Å². The van der Waals surface area contributed by atoms with Crippen molar-refractivity contribution >= 4 is 17.3 Å². The molecule has 0 heterocycles. The summed E-state index contributed by atoms with van der Waals surface area (Å²) in [5.74, 6) is -1.10. The number of carbonyl (C=O) groups excluding carboxylic acids is 1. The summed E-state index contributed by atoms with van der Waals surface area (Å²) in [4.78, 5) is 21.1. The van der Waals surface area contributed by atoms with Crippen molar-refractivity contribution in [1.29, 1.82) is 0 Å². The molecule has 8 heteroatoms. The van der Waals surface area contributed by atoms with Gasteiger partial charge in [0, 0.05) is 19.0 Å². The van der Waals surface area contributed by atoms with Crippen molar-refractivity contribution in [2.75, 3.05) is 25.6 Å². The minimum absolute atomic E-state index is 0.0331. The lowest BCUT2D eigenvalue weighted by atomic mass is 10.2. The number of hydrogen-bond donors (Lipinski definition) is 1. The monoisotopic (exact) mass is 300 g/mol. The summed E-state index contributed by atoms with van der Waals surface area (Å²) >= 11 is 0. The van der Waals surface area contributed by atoms with Crippen LogP contribution >= 0.6 is 0 Å². The fourth-order valence-electron chi connectivity index (χ4n) is 1.67. The molecule has 0 radical (unpaired) electrons. The summed E-state index contributed by atoms with van der Waals surface area (Å²) < 4.78 is 23.3. The number of benzene rings is 1. The lowest BCUT2D eigenvalue weighted by Crippen LogP contribution is -2.09. The van der Waals surface area contributed by atoms with E-state index in [9.17, 15) is 19.3 Å². The highest BCUT2D eigenvalue weighted by Gasteiger charge is 2.19. The standard InChI is InChI=1S/C13H17FN2O5/c1-3-21-13(17)5-4-6-15-10-8-12(20-2)11(16(18)19)7-9(10)14/h7-8,15H,3-6H2,1-2H3. The Morgan fingerprint density at radius 2 is 2.19 bits per heavy atom. The molecule has 1 N–H and O–H groups in total. The Balaban J connectivity index is 2.63. The molecule has 0 fully saturated rings. The van der Waals surface area contributed by atoms with E-state index >= 15 is 0 Å². The first kappa shape index (κ1) is 16.7. The number of ether oxygens (including phenoxy) is 2. The van der Waals surface area contributed by atoms with Crippen LogP contribution in [0.4, 0.5) is 15.8 Å². The van der Waals surface area contributed by atoms with Gasteiger partial charge in [0.1, 0.15) is 0 Å². The predicted molar refractivity (Wildman–Crippen MR) is 74.0 cm³/mol. The fourth-order valence-corrected chi connectivity index (χ4v) is 1.67. The van der Waals surface area contributed by atoms with Crippen LogP contribution in [0.3, 0.4) is 0 Å². The van der Waals surface area contributed by atoms with E-state index in [1.165, 1.54) is 13.2 Å². The Labute approximate surface area is 121 Å². The summed E-state index contributed by atoms with van der Waals surface area (Å²) in [7, 11) is 1.27. The maximum Gasteiger partial charge on any atom is 0.313 e. The van der Waals surface area contributed by atoms with Crippen LogP contribution in [-0.4, -0.2) is 31.2 Å². The number of anilines is 1. The highest BCUT2D eigenvalue weighted by atomic mass is 19.1. The molecule has 7 nitrogen and oxygen atoms in total. The smallest absolute Gasteiger partial charge is 0.313 e. The average Bonchev–Trinajstić information content (AvgIpc) is 2.44. The molecule has 0 amide bonds. The second-order valence-electron chi connectivity index (χ2n) is 4.10. The third-order valence-corrected chi connectivity index (χ3v) is 2.64. The fraction of sp³-hybridized carbons (Fsp3) is 0.462. The van der Waals surface area contributed by atoms with Crippen LogP contribution in [0.15, 0.2) is 12.1 Å². The number of nitro groups is 1. The van der Waals surface area contributed by atoms with Crippen molar-refractivity contribution in [1.82, 2.24) is 0 Å². The van der Waals surface area contributed by atoms with Crippen LogP contribution in [-0.2, 0) is 9.53 Å². The van der Waals surface area contributed by atoms with Crippen molar-refractivity contribution in [3.05, 3.63) is 28.1 Å². The van der Waals surface area contributed by atoms with Gasteiger partial charge in [-0.05, 0) is 13.3 Å². The molecule has 0 saturated carbocycles. The van der Waals surface area contributed by atoms with Gasteiger partial charge in [-0.15, -0.1) is 0 Å². The van der Waals surface area contributed by atoms with Crippen molar-refractivity contribution in [2.24, 2.45) is 0 Å². The number of hydrogen-bond acceptors (Lipinski definition) is 6. The van der Waals surface area contributed by atoms with Crippen LogP contribution in [0.1, 0.15) is 19.8 Å². The van der Waals surface area contributed by atoms with E-state index in [0.717, 1.165) is 6.07 Å². The van der Waals surface area contributed by atoms with Gasteiger partial charge < -0.3 is 14.8 Å². The first-order valence-electron chi connectivity index (χ1n) is 6.41. The van der Waals surface area contributed by atoms with Crippen LogP contribution in [0.25, 0.3) is 0 Å². The molecule has 0 unspecified atom stereocenters. The molecule has 1 aromatic rings. The molecule has 0 bridgehead atoms. The number of carbonyl (C=O) groups is 1. The molecule has 1 aromatic carbocycles. The van der Waals surface area contributed by atoms with Gasteiger partial charge in [-0.25, -0.2) is 4.39 Å². The van der Waals surface area contributed by atoms with E-state index in [2.05, 4.69) is 5.32 Å². The zero-order chi connectivity index (χ0) is 15.8. The van der Waals surface area contributed by atoms with Gasteiger partial charge in [-0.3, -0.25) is 14.9 Å². The highest BCUT2D eigenvalue weighted by Crippen LogP contribution is 2.32. The number of nitrogens with zero attached hydrogens (tertiary/aromatic N) is 1. The predicted octanol–water partition coefficient (Wildman–Crippen LogP) is 2.50. The molecule has 0 atom stereocenters. The van der Waals surface area contributed by atoms with E-state index < -0.39 is 16.4 Å². The van der Waals surface area contributed by atoms with Gasteiger partial charge in [-0.2, -0.15) is 0 Å². The number of halogens is 1. The maximum absolute atomic E-state index is 13.7.